The van der Waals surface area contributed by atoms with Crippen LogP contribution < -0.4 is 0 Å². The number of aliphatic hydroxyl groups excluding tert-OH is 9. The Kier molecular flexibility index (Phi) is 13.4. The quantitative estimate of drug-likeness (QED) is 0.141. The Hall–Kier alpha value is -0.940. The van der Waals surface area contributed by atoms with Crippen LogP contribution in [0.4, 0.5) is 0 Å². The molecule has 5 heterocycles. The van der Waals surface area contributed by atoms with Gasteiger partial charge in [-0.3, -0.25) is 0 Å². The summed E-state index contributed by atoms with van der Waals surface area (Å²) in [6, 6.07) is 0. The SMILES string of the molecule is CC1CC[C@@]2(OC1)OC1CC3C4CC=C5CC(O[C@@H]6O[C@H](CO)[C@@H](O)[C@H](O[C@@H]7O[C@@H](C)[C@H](O)[C@@H](O)[C@H]7O)[C@H]6OC[C@@H]6O[C@H](CO)[C@@H](O)[C@H](O)[C@H]6O)CC[C@]5(C)C4CC[C@]3(C)C1[C@@H]2C. The first kappa shape index (κ1) is 47.1. The summed E-state index contributed by atoms with van der Waals surface area (Å²) in [5.74, 6) is 2.57. The Morgan fingerprint density at radius 2 is 1.41 bits per heavy atom. The van der Waals surface area contributed by atoms with Gasteiger partial charge in [0, 0.05) is 12.3 Å². The molecule has 0 aromatic carbocycles. The molecule has 8 fully saturated rings. The third-order valence-electron chi connectivity index (χ3n) is 18.0. The molecule has 9 aliphatic rings. The maximum absolute atomic E-state index is 11.6. The van der Waals surface area contributed by atoms with E-state index in [0.717, 1.165) is 51.6 Å². The molecule has 0 amide bonds. The topological polar surface area (TPSA) is 256 Å². The number of aliphatic hydroxyl groups is 9. The van der Waals surface area contributed by atoms with Crippen molar-refractivity contribution in [1.82, 2.24) is 0 Å². The fourth-order valence-electron chi connectivity index (χ4n) is 14.2. The Balaban J connectivity index is 0.928. The van der Waals surface area contributed by atoms with Gasteiger partial charge >= 0.3 is 0 Å². The number of hydrogen-bond acceptors (Lipinski definition) is 17. The summed E-state index contributed by atoms with van der Waals surface area (Å²) in [5, 5.41) is 95.4. The number of hydrogen-bond donors (Lipinski definition) is 9. The normalized spacial score (nSPS) is 56.9. The predicted octanol–water partition coefficient (Wildman–Crippen LogP) is 0.257. The van der Waals surface area contributed by atoms with Gasteiger partial charge in [0.25, 0.3) is 0 Å². The van der Waals surface area contributed by atoms with Crippen LogP contribution in [-0.2, 0) is 37.9 Å². The van der Waals surface area contributed by atoms with Crippen molar-refractivity contribution in [2.24, 2.45) is 46.3 Å². The van der Waals surface area contributed by atoms with Crippen LogP contribution in [0, 0.1) is 46.3 Å². The van der Waals surface area contributed by atoms with Crippen LogP contribution in [0.2, 0.25) is 0 Å². The molecule has 5 saturated heterocycles. The van der Waals surface area contributed by atoms with E-state index in [1.54, 1.807) is 0 Å². The average Bonchev–Trinajstić information content (AvgIpc) is 3.72. The maximum atomic E-state index is 11.6. The molecule has 7 unspecified atom stereocenters. The number of fused-ring (bicyclic) bond motifs is 7. The second-order valence-corrected chi connectivity index (χ2v) is 21.4. The van der Waals surface area contributed by atoms with Crippen LogP contribution in [-0.4, -0.2) is 182 Å². The molecular weight excluding hydrogens is 824 g/mol. The van der Waals surface area contributed by atoms with E-state index < -0.39 is 118 Å². The summed E-state index contributed by atoms with van der Waals surface area (Å²) in [5.41, 5.74) is 1.50. The van der Waals surface area contributed by atoms with Gasteiger partial charge in [0.05, 0.1) is 44.7 Å². The molecular formula is C46H74O17. The molecule has 360 valence electrons. The second-order valence-electron chi connectivity index (χ2n) is 21.4. The van der Waals surface area contributed by atoms with Gasteiger partial charge in [0.1, 0.15) is 73.2 Å². The molecule has 5 aliphatic heterocycles. The van der Waals surface area contributed by atoms with Gasteiger partial charge in [-0.25, -0.2) is 0 Å². The Bertz CT molecular complexity index is 1630. The summed E-state index contributed by atoms with van der Waals surface area (Å²) in [7, 11) is 0. The summed E-state index contributed by atoms with van der Waals surface area (Å²) < 4.78 is 50.5. The highest BCUT2D eigenvalue weighted by atomic mass is 16.7. The molecule has 0 aromatic rings. The Labute approximate surface area is 369 Å². The molecule has 9 rings (SSSR count). The van der Waals surface area contributed by atoms with E-state index >= 15 is 0 Å². The van der Waals surface area contributed by atoms with Crippen LogP contribution in [0.15, 0.2) is 11.6 Å². The zero-order valence-corrected chi connectivity index (χ0v) is 37.3. The van der Waals surface area contributed by atoms with Gasteiger partial charge < -0.3 is 83.9 Å². The standard InChI is InChI=1S/C46H74O17/c1-20-8-13-46(57-18-20)21(2)32-28(63-46)15-27-25-7-6-23-14-24(9-11-44(23,4)26(25)10-12-45(27,32)5)59-43-41(56-19-31-35(51)38(54)34(50)29(16-47)60-31)40(36(52)30(17-48)61-43)62-42-39(55)37(53)33(49)22(3)58-42/h6,20-22,24-43,47-55H,7-19H2,1-5H3/t20?,21-,22-,24?,25?,26?,27?,28?,29+,30+,31-,32?,33-,34+,35-,36+,37+,38-,39+,40-,41+,42-,43+,44-,45-,46+/m0/s1. The van der Waals surface area contributed by atoms with Gasteiger partial charge in [0.15, 0.2) is 18.4 Å². The lowest BCUT2D eigenvalue weighted by Gasteiger charge is -2.58. The van der Waals surface area contributed by atoms with Crippen molar-refractivity contribution < 1.29 is 83.9 Å². The molecule has 26 atom stereocenters. The van der Waals surface area contributed by atoms with Crippen molar-refractivity contribution in [3.8, 4) is 0 Å². The van der Waals surface area contributed by atoms with Crippen LogP contribution >= 0.6 is 0 Å². The van der Waals surface area contributed by atoms with Crippen molar-refractivity contribution in [3.05, 3.63) is 11.6 Å². The Morgan fingerprint density at radius 1 is 0.698 bits per heavy atom. The van der Waals surface area contributed by atoms with E-state index in [1.165, 1.54) is 12.5 Å². The molecule has 0 aromatic heterocycles. The van der Waals surface area contributed by atoms with E-state index in [9.17, 15) is 46.0 Å². The smallest absolute Gasteiger partial charge is 0.187 e. The minimum Gasteiger partial charge on any atom is -0.394 e. The molecule has 4 aliphatic carbocycles. The van der Waals surface area contributed by atoms with E-state index in [0.29, 0.717) is 48.3 Å². The predicted molar refractivity (Wildman–Crippen MR) is 219 cm³/mol. The van der Waals surface area contributed by atoms with Crippen molar-refractivity contribution >= 4 is 0 Å². The zero-order valence-electron chi connectivity index (χ0n) is 37.3. The van der Waals surface area contributed by atoms with Gasteiger partial charge in [-0.1, -0.05) is 39.3 Å². The molecule has 17 nitrogen and oxygen atoms in total. The van der Waals surface area contributed by atoms with Crippen molar-refractivity contribution in [2.75, 3.05) is 26.4 Å². The lowest BCUT2D eigenvalue weighted by molar-refractivity contribution is -0.369. The molecule has 63 heavy (non-hydrogen) atoms. The molecule has 0 bridgehead atoms. The lowest BCUT2D eigenvalue weighted by atomic mass is 9.47. The highest BCUT2D eigenvalue weighted by molar-refractivity contribution is 5.26. The van der Waals surface area contributed by atoms with Crippen LogP contribution in [0.3, 0.4) is 0 Å². The molecule has 0 radical (unpaired) electrons. The van der Waals surface area contributed by atoms with Crippen molar-refractivity contribution in [1.29, 1.82) is 0 Å². The van der Waals surface area contributed by atoms with E-state index in [-0.39, 0.29) is 23.0 Å². The highest BCUT2D eigenvalue weighted by Gasteiger charge is 2.69. The first-order valence-corrected chi connectivity index (χ1v) is 23.8. The highest BCUT2D eigenvalue weighted by Crippen LogP contribution is 2.70. The third kappa shape index (κ3) is 7.91. The first-order valence-electron chi connectivity index (χ1n) is 23.8. The van der Waals surface area contributed by atoms with Crippen LogP contribution in [0.25, 0.3) is 0 Å². The van der Waals surface area contributed by atoms with Gasteiger partial charge in [-0.2, -0.15) is 0 Å². The fourth-order valence-corrected chi connectivity index (χ4v) is 14.2. The number of rotatable bonds is 9. The van der Waals surface area contributed by atoms with Crippen molar-refractivity contribution in [2.45, 2.75) is 202 Å². The van der Waals surface area contributed by atoms with Gasteiger partial charge in [-0.15, -0.1) is 0 Å². The van der Waals surface area contributed by atoms with Crippen LogP contribution in [0.5, 0.6) is 0 Å². The minimum absolute atomic E-state index is 0.0312. The molecule has 9 N–H and O–H groups in total. The van der Waals surface area contributed by atoms with E-state index in [1.807, 2.05) is 0 Å². The van der Waals surface area contributed by atoms with E-state index in [4.69, 9.17) is 37.9 Å². The largest absolute Gasteiger partial charge is 0.394 e. The fraction of sp³-hybridized carbons (Fsp3) is 0.957. The lowest BCUT2D eigenvalue weighted by Crippen LogP contribution is -2.66. The summed E-state index contributed by atoms with van der Waals surface area (Å²) in [6.45, 7) is 10.1. The summed E-state index contributed by atoms with van der Waals surface area (Å²) >= 11 is 0. The number of ether oxygens (including phenoxy) is 8. The first-order chi connectivity index (χ1) is 29.9. The van der Waals surface area contributed by atoms with Gasteiger partial charge in [0.2, 0.25) is 0 Å². The molecule has 17 heteroatoms. The minimum atomic E-state index is -1.73. The molecule has 1 spiro atoms. The summed E-state index contributed by atoms with van der Waals surface area (Å²) in [4.78, 5) is 0. The maximum Gasteiger partial charge on any atom is 0.187 e. The Morgan fingerprint density at radius 3 is 2.13 bits per heavy atom. The van der Waals surface area contributed by atoms with Crippen LogP contribution in [0.1, 0.15) is 92.4 Å². The number of allylic oxidation sites excluding steroid dienone is 1. The molecule has 3 saturated carbocycles. The van der Waals surface area contributed by atoms with Crippen molar-refractivity contribution in [3.63, 3.8) is 0 Å². The second kappa shape index (κ2) is 17.9. The zero-order chi connectivity index (χ0) is 44.9. The third-order valence-corrected chi connectivity index (χ3v) is 18.0. The monoisotopic (exact) mass is 898 g/mol. The summed E-state index contributed by atoms with van der Waals surface area (Å²) in [6.07, 6.45) is -10.5. The van der Waals surface area contributed by atoms with E-state index in [2.05, 4.69) is 33.8 Å². The van der Waals surface area contributed by atoms with Gasteiger partial charge in [-0.05, 0) is 98.7 Å². The average molecular weight is 899 g/mol.